The van der Waals surface area contributed by atoms with Gasteiger partial charge in [-0.2, -0.15) is 0 Å². The van der Waals surface area contributed by atoms with Gasteiger partial charge in [-0.15, -0.1) is 0 Å². The molecule has 1 saturated heterocycles. The van der Waals surface area contributed by atoms with Crippen LogP contribution in [0.25, 0.3) is 10.8 Å². The summed E-state index contributed by atoms with van der Waals surface area (Å²) in [6.45, 7) is 1.89. The number of carbonyl (C=O) groups excluding carboxylic acids is 1. The minimum absolute atomic E-state index is 0.115. The molecule has 1 fully saturated rings. The molecule has 0 unspecified atom stereocenters. The van der Waals surface area contributed by atoms with Crippen molar-refractivity contribution >= 4 is 16.7 Å². The zero-order valence-electron chi connectivity index (χ0n) is 10.9. The second-order valence-electron chi connectivity index (χ2n) is 5.12. The maximum Gasteiger partial charge on any atom is 0.224 e. The van der Waals surface area contributed by atoms with Gasteiger partial charge < -0.3 is 10.6 Å². The van der Waals surface area contributed by atoms with Crippen molar-refractivity contribution in [3.63, 3.8) is 0 Å². The van der Waals surface area contributed by atoms with Gasteiger partial charge in [0.1, 0.15) is 0 Å². The molecule has 0 bridgehead atoms. The molecule has 19 heavy (non-hydrogen) atoms. The quantitative estimate of drug-likeness (QED) is 0.878. The zero-order chi connectivity index (χ0) is 13.1. The Kier molecular flexibility index (Phi) is 3.47. The molecule has 1 heterocycles. The summed E-state index contributed by atoms with van der Waals surface area (Å²) in [5.41, 5.74) is 1.07. The highest BCUT2D eigenvalue weighted by Gasteiger charge is 2.16. The highest BCUT2D eigenvalue weighted by atomic mass is 16.1. The predicted octanol–water partition coefficient (Wildman–Crippen LogP) is 1.86. The Hall–Kier alpha value is -1.87. The van der Waals surface area contributed by atoms with E-state index in [9.17, 15) is 4.79 Å². The van der Waals surface area contributed by atoms with E-state index in [1.54, 1.807) is 0 Å². The van der Waals surface area contributed by atoms with Gasteiger partial charge in [0.2, 0.25) is 5.91 Å². The molecule has 2 N–H and O–H groups in total. The standard InChI is InChI=1S/C16H18N2O/c19-16(18-15-7-8-17-11-15)10-12-5-6-13-3-1-2-4-14(13)9-12/h1-6,9,15,17H,7-8,10-11H2,(H,18,19)/t15-/m1/s1. The summed E-state index contributed by atoms with van der Waals surface area (Å²) in [5, 5.41) is 8.73. The molecule has 0 radical (unpaired) electrons. The Morgan fingerprint density at radius 3 is 2.84 bits per heavy atom. The molecule has 0 aliphatic carbocycles. The lowest BCUT2D eigenvalue weighted by molar-refractivity contribution is -0.121. The molecule has 3 nitrogen and oxygen atoms in total. The molecule has 1 amide bonds. The lowest BCUT2D eigenvalue weighted by Crippen LogP contribution is -2.37. The molecular weight excluding hydrogens is 236 g/mol. The smallest absolute Gasteiger partial charge is 0.224 e. The van der Waals surface area contributed by atoms with Gasteiger partial charge in [-0.05, 0) is 29.3 Å². The van der Waals surface area contributed by atoms with Crippen molar-refractivity contribution in [1.82, 2.24) is 10.6 Å². The lowest BCUT2D eigenvalue weighted by Gasteiger charge is -2.11. The second-order valence-corrected chi connectivity index (χ2v) is 5.12. The van der Waals surface area contributed by atoms with E-state index in [-0.39, 0.29) is 5.91 Å². The molecule has 0 saturated carbocycles. The van der Waals surface area contributed by atoms with Crippen molar-refractivity contribution in [1.29, 1.82) is 0 Å². The van der Waals surface area contributed by atoms with Crippen LogP contribution in [0.5, 0.6) is 0 Å². The van der Waals surface area contributed by atoms with Crippen LogP contribution in [0.1, 0.15) is 12.0 Å². The minimum atomic E-state index is 0.115. The summed E-state index contributed by atoms with van der Waals surface area (Å²) in [4.78, 5) is 12.0. The normalized spacial score (nSPS) is 18.6. The molecule has 1 aliphatic rings. The van der Waals surface area contributed by atoms with Gasteiger partial charge in [0.15, 0.2) is 0 Å². The van der Waals surface area contributed by atoms with E-state index < -0.39 is 0 Å². The van der Waals surface area contributed by atoms with Gasteiger partial charge in [0.05, 0.1) is 6.42 Å². The summed E-state index contributed by atoms with van der Waals surface area (Å²) in [5.74, 6) is 0.115. The van der Waals surface area contributed by atoms with Gasteiger partial charge in [0, 0.05) is 12.6 Å². The van der Waals surface area contributed by atoms with Gasteiger partial charge in [-0.1, -0.05) is 42.5 Å². The van der Waals surface area contributed by atoms with E-state index in [4.69, 9.17) is 0 Å². The summed E-state index contributed by atoms with van der Waals surface area (Å²) in [6, 6.07) is 14.7. The first kappa shape index (κ1) is 12.2. The fraction of sp³-hybridized carbons (Fsp3) is 0.312. The minimum Gasteiger partial charge on any atom is -0.352 e. The van der Waals surface area contributed by atoms with Crippen LogP contribution < -0.4 is 10.6 Å². The van der Waals surface area contributed by atoms with Crippen molar-refractivity contribution in [3.05, 3.63) is 48.0 Å². The van der Waals surface area contributed by atoms with E-state index in [1.165, 1.54) is 10.8 Å². The third-order valence-electron chi connectivity index (χ3n) is 3.60. The highest BCUT2D eigenvalue weighted by Crippen LogP contribution is 2.16. The Morgan fingerprint density at radius 2 is 2.05 bits per heavy atom. The predicted molar refractivity (Wildman–Crippen MR) is 77.1 cm³/mol. The SMILES string of the molecule is O=C(Cc1ccc2ccccc2c1)N[C@@H]1CCNC1. The van der Waals surface area contributed by atoms with E-state index >= 15 is 0 Å². The number of rotatable bonds is 3. The maximum absolute atomic E-state index is 12.0. The number of benzene rings is 2. The van der Waals surface area contributed by atoms with Gasteiger partial charge in [-0.3, -0.25) is 4.79 Å². The molecule has 98 valence electrons. The first-order valence-electron chi connectivity index (χ1n) is 6.79. The highest BCUT2D eigenvalue weighted by molar-refractivity contribution is 5.85. The Bertz CT molecular complexity index is 588. The van der Waals surface area contributed by atoms with Crippen molar-refractivity contribution in [3.8, 4) is 0 Å². The maximum atomic E-state index is 12.0. The number of hydrogen-bond donors (Lipinski definition) is 2. The number of fused-ring (bicyclic) bond motifs is 1. The molecule has 1 atom stereocenters. The fourth-order valence-corrected chi connectivity index (χ4v) is 2.59. The number of hydrogen-bond acceptors (Lipinski definition) is 2. The summed E-state index contributed by atoms with van der Waals surface area (Å²) in [7, 11) is 0. The van der Waals surface area contributed by atoms with Crippen LogP contribution in [0.15, 0.2) is 42.5 Å². The number of amides is 1. The van der Waals surface area contributed by atoms with Crippen LogP contribution in [0.3, 0.4) is 0 Å². The van der Waals surface area contributed by atoms with E-state index in [0.29, 0.717) is 12.5 Å². The van der Waals surface area contributed by atoms with Gasteiger partial charge in [-0.25, -0.2) is 0 Å². The van der Waals surface area contributed by atoms with Gasteiger partial charge in [0.25, 0.3) is 0 Å². The number of nitrogens with one attached hydrogen (secondary N) is 2. The van der Waals surface area contributed by atoms with Crippen LogP contribution >= 0.6 is 0 Å². The largest absolute Gasteiger partial charge is 0.352 e. The summed E-state index contributed by atoms with van der Waals surface area (Å²) < 4.78 is 0. The van der Waals surface area contributed by atoms with Crippen molar-refractivity contribution in [2.45, 2.75) is 18.9 Å². The Morgan fingerprint density at radius 1 is 1.21 bits per heavy atom. The van der Waals surface area contributed by atoms with Crippen LogP contribution in [-0.4, -0.2) is 25.0 Å². The average molecular weight is 254 g/mol. The molecule has 3 rings (SSSR count). The molecule has 2 aromatic rings. The Balaban J connectivity index is 1.68. The van der Waals surface area contributed by atoms with E-state index in [2.05, 4.69) is 34.9 Å². The fourth-order valence-electron chi connectivity index (χ4n) is 2.59. The molecule has 0 spiro atoms. The molecule has 1 aliphatic heterocycles. The monoisotopic (exact) mass is 254 g/mol. The number of carbonyl (C=O) groups is 1. The Labute approximate surface area is 113 Å². The van der Waals surface area contributed by atoms with Crippen molar-refractivity contribution in [2.75, 3.05) is 13.1 Å². The molecule has 2 aromatic carbocycles. The van der Waals surface area contributed by atoms with Crippen molar-refractivity contribution < 1.29 is 4.79 Å². The molecule has 0 aromatic heterocycles. The molecule has 3 heteroatoms. The summed E-state index contributed by atoms with van der Waals surface area (Å²) in [6.07, 6.45) is 1.49. The third-order valence-corrected chi connectivity index (χ3v) is 3.60. The average Bonchev–Trinajstić information content (AvgIpc) is 2.91. The first-order chi connectivity index (χ1) is 9.31. The van der Waals surface area contributed by atoms with E-state index in [0.717, 1.165) is 25.1 Å². The topological polar surface area (TPSA) is 41.1 Å². The van der Waals surface area contributed by atoms with Crippen LogP contribution in [0, 0.1) is 0 Å². The summed E-state index contributed by atoms with van der Waals surface area (Å²) >= 11 is 0. The molecular formula is C16H18N2O. The van der Waals surface area contributed by atoms with Crippen molar-refractivity contribution in [2.24, 2.45) is 0 Å². The van der Waals surface area contributed by atoms with Gasteiger partial charge >= 0.3 is 0 Å². The lowest BCUT2D eigenvalue weighted by atomic mass is 10.0. The van der Waals surface area contributed by atoms with Crippen LogP contribution in [0.2, 0.25) is 0 Å². The zero-order valence-corrected chi connectivity index (χ0v) is 10.9. The first-order valence-corrected chi connectivity index (χ1v) is 6.79. The third kappa shape index (κ3) is 2.93. The van der Waals surface area contributed by atoms with Crippen LogP contribution in [-0.2, 0) is 11.2 Å². The van der Waals surface area contributed by atoms with Crippen LogP contribution in [0.4, 0.5) is 0 Å². The second kappa shape index (κ2) is 5.41. The van der Waals surface area contributed by atoms with E-state index in [1.807, 2.05) is 18.2 Å².